The minimum atomic E-state index is 0.199. The lowest BCUT2D eigenvalue weighted by atomic mass is 10.2. The molecular formula is C11H9ClN6S. The van der Waals surface area contributed by atoms with Crippen LogP contribution < -0.4 is 5.32 Å². The van der Waals surface area contributed by atoms with Gasteiger partial charge in [0.25, 0.3) is 0 Å². The van der Waals surface area contributed by atoms with Gasteiger partial charge in [-0.2, -0.15) is 10.4 Å². The lowest BCUT2D eigenvalue weighted by Gasteiger charge is -2.07. The maximum atomic E-state index is 8.40. The zero-order valence-corrected chi connectivity index (χ0v) is 11.5. The number of rotatable bonds is 2. The highest BCUT2D eigenvalue weighted by molar-refractivity contribution is 7.97. The van der Waals surface area contributed by atoms with Crippen LogP contribution in [0.3, 0.4) is 0 Å². The van der Waals surface area contributed by atoms with Crippen molar-refractivity contribution in [1.29, 1.82) is 5.26 Å². The molecule has 8 heteroatoms. The van der Waals surface area contributed by atoms with Crippen molar-refractivity contribution in [2.45, 2.75) is 0 Å². The van der Waals surface area contributed by atoms with E-state index in [-0.39, 0.29) is 5.17 Å². The summed E-state index contributed by atoms with van der Waals surface area (Å²) in [6.45, 7) is 0. The molecule has 0 radical (unpaired) electrons. The molecule has 0 saturated carbocycles. The van der Waals surface area contributed by atoms with Crippen LogP contribution in [0.1, 0.15) is 0 Å². The minimum Gasteiger partial charge on any atom is -0.334 e. The number of aliphatic imine (C=N–C) groups is 1. The van der Waals surface area contributed by atoms with Crippen molar-refractivity contribution < 1.29 is 0 Å². The summed E-state index contributed by atoms with van der Waals surface area (Å²) in [6.07, 6.45) is 3.10. The van der Waals surface area contributed by atoms with Gasteiger partial charge in [0.15, 0.2) is 11.0 Å². The number of aromatic nitrogens is 3. The summed E-state index contributed by atoms with van der Waals surface area (Å²) in [7, 11) is 1.79. The monoisotopic (exact) mass is 292 g/mol. The van der Waals surface area contributed by atoms with E-state index in [1.54, 1.807) is 30.1 Å². The van der Waals surface area contributed by atoms with Crippen molar-refractivity contribution in [3.8, 4) is 17.6 Å². The Balaban J connectivity index is 2.31. The molecule has 1 heterocycles. The number of benzene rings is 1. The lowest BCUT2D eigenvalue weighted by Crippen LogP contribution is -2.04. The molecule has 6 nitrogen and oxygen atoms in total. The SMILES string of the molecule is Cn1ncnc1-c1ccc(NC(S)=NC#N)cc1Cl. The molecule has 0 spiro atoms. The van der Waals surface area contributed by atoms with Gasteiger partial charge in [0, 0.05) is 18.3 Å². The molecule has 0 amide bonds. The predicted octanol–water partition coefficient (Wildman–Crippen LogP) is 2.31. The van der Waals surface area contributed by atoms with E-state index in [9.17, 15) is 0 Å². The third-order valence-electron chi connectivity index (χ3n) is 2.33. The van der Waals surface area contributed by atoms with Crippen LogP contribution in [0.25, 0.3) is 11.4 Å². The molecule has 0 fully saturated rings. The average molecular weight is 293 g/mol. The first-order valence-corrected chi connectivity index (χ1v) is 6.01. The summed E-state index contributed by atoms with van der Waals surface area (Å²) in [4.78, 5) is 7.57. The Morgan fingerprint density at radius 2 is 2.37 bits per heavy atom. The maximum Gasteiger partial charge on any atom is 0.208 e. The Bertz CT molecular complexity index is 672. The van der Waals surface area contributed by atoms with Gasteiger partial charge >= 0.3 is 0 Å². The van der Waals surface area contributed by atoms with Crippen LogP contribution in [-0.4, -0.2) is 19.9 Å². The second-order valence-corrected chi connectivity index (χ2v) is 4.39. The van der Waals surface area contributed by atoms with Gasteiger partial charge in [0.05, 0.1) is 5.02 Å². The summed E-state index contributed by atoms with van der Waals surface area (Å²) in [6, 6.07) is 5.30. The molecule has 19 heavy (non-hydrogen) atoms. The number of halogens is 1. The zero-order chi connectivity index (χ0) is 13.8. The first-order valence-electron chi connectivity index (χ1n) is 5.18. The fourth-order valence-corrected chi connectivity index (χ4v) is 1.96. The fraction of sp³-hybridized carbons (Fsp3) is 0.0909. The first-order chi connectivity index (χ1) is 9.11. The second kappa shape index (κ2) is 5.73. The van der Waals surface area contributed by atoms with Crippen LogP contribution in [0.15, 0.2) is 29.5 Å². The minimum absolute atomic E-state index is 0.199. The van der Waals surface area contributed by atoms with Crippen molar-refractivity contribution in [3.63, 3.8) is 0 Å². The topological polar surface area (TPSA) is 78.9 Å². The van der Waals surface area contributed by atoms with Gasteiger partial charge in [-0.05, 0) is 18.2 Å². The number of thiol groups is 1. The first kappa shape index (κ1) is 13.4. The molecule has 1 aromatic heterocycles. The highest BCUT2D eigenvalue weighted by Gasteiger charge is 2.09. The van der Waals surface area contributed by atoms with E-state index >= 15 is 0 Å². The van der Waals surface area contributed by atoms with Crippen molar-refractivity contribution in [1.82, 2.24) is 14.8 Å². The van der Waals surface area contributed by atoms with E-state index in [2.05, 4.69) is 33.0 Å². The van der Waals surface area contributed by atoms with E-state index < -0.39 is 0 Å². The summed E-state index contributed by atoms with van der Waals surface area (Å²) < 4.78 is 1.63. The van der Waals surface area contributed by atoms with E-state index in [1.165, 1.54) is 6.33 Å². The van der Waals surface area contributed by atoms with E-state index in [4.69, 9.17) is 16.9 Å². The standard InChI is InChI=1S/C11H9ClN6S/c1-18-10(15-6-16-18)8-3-2-7(4-9(8)12)17-11(19)14-5-13/h2-4,6H,1H3,(H2,14,17,19). The Morgan fingerprint density at radius 3 is 2.95 bits per heavy atom. The highest BCUT2D eigenvalue weighted by Crippen LogP contribution is 2.28. The van der Waals surface area contributed by atoms with Crippen LogP contribution >= 0.6 is 24.2 Å². The van der Waals surface area contributed by atoms with Crippen molar-refractivity contribution >= 4 is 35.1 Å². The quantitative estimate of drug-likeness (QED) is 0.385. The number of aryl methyl sites for hydroxylation is 1. The largest absolute Gasteiger partial charge is 0.334 e. The van der Waals surface area contributed by atoms with Gasteiger partial charge in [-0.15, -0.1) is 17.6 Å². The summed E-state index contributed by atoms with van der Waals surface area (Å²) >= 11 is 10.2. The van der Waals surface area contributed by atoms with Crippen molar-refractivity contribution in [2.24, 2.45) is 12.0 Å². The number of nitriles is 1. The zero-order valence-electron chi connectivity index (χ0n) is 9.87. The molecule has 1 aromatic carbocycles. The number of nitrogens with zero attached hydrogens (tertiary/aromatic N) is 5. The molecule has 2 aromatic rings. The molecule has 2 rings (SSSR count). The molecule has 0 saturated heterocycles. The van der Waals surface area contributed by atoms with Gasteiger partial charge in [0.2, 0.25) is 6.19 Å². The molecule has 0 aliphatic heterocycles. The van der Waals surface area contributed by atoms with Crippen molar-refractivity contribution in [2.75, 3.05) is 5.32 Å². The molecule has 0 aliphatic carbocycles. The van der Waals surface area contributed by atoms with Crippen LogP contribution in [0, 0.1) is 11.5 Å². The summed E-state index contributed by atoms with van der Waals surface area (Å²) in [5.74, 6) is 0.674. The third kappa shape index (κ3) is 3.05. The van der Waals surface area contributed by atoms with E-state index in [0.717, 1.165) is 5.56 Å². The fourth-order valence-electron chi connectivity index (χ4n) is 1.52. The van der Waals surface area contributed by atoms with Gasteiger partial charge in [0.1, 0.15) is 6.33 Å². The molecular weight excluding hydrogens is 284 g/mol. The number of nitrogens with one attached hydrogen (secondary N) is 1. The number of hydrogen-bond donors (Lipinski definition) is 2. The van der Waals surface area contributed by atoms with Gasteiger partial charge < -0.3 is 5.32 Å². The molecule has 0 atom stereocenters. The Morgan fingerprint density at radius 1 is 1.58 bits per heavy atom. The number of anilines is 1. The van der Waals surface area contributed by atoms with E-state index in [0.29, 0.717) is 16.5 Å². The van der Waals surface area contributed by atoms with Gasteiger partial charge in [-0.3, -0.25) is 0 Å². The third-order valence-corrected chi connectivity index (χ3v) is 2.86. The summed E-state index contributed by atoms with van der Waals surface area (Å²) in [5.41, 5.74) is 1.45. The maximum absolute atomic E-state index is 8.40. The summed E-state index contributed by atoms with van der Waals surface area (Å²) in [5, 5.41) is 15.9. The number of hydrogen-bond acceptors (Lipinski definition) is 4. The van der Waals surface area contributed by atoms with Crippen molar-refractivity contribution in [3.05, 3.63) is 29.5 Å². The Kier molecular flexibility index (Phi) is 4.04. The highest BCUT2D eigenvalue weighted by atomic mass is 35.5. The second-order valence-electron chi connectivity index (χ2n) is 3.56. The van der Waals surface area contributed by atoms with Crippen LogP contribution in [-0.2, 0) is 7.05 Å². The van der Waals surface area contributed by atoms with Gasteiger partial charge in [-0.1, -0.05) is 11.6 Å². The molecule has 0 aliphatic rings. The van der Waals surface area contributed by atoms with Crippen LogP contribution in [0.2, 0.25) is 5.02 Å². The average Bonchev–Trinajstić information content (AvgIpc) is 2.76. The smallest absolute Gasteiger partial charge is 0.208 e. The predicted molar refractivity (Wildman–Crippen MR) is 77.1 cm³/mol. The van der Waals surface area contributed by atoms with E-state index in [1.807, 2.05) is 6.07 Å². The molecule has 96 valence electrons. The molecule has 0 bridgehead atoms. The lowest BCUT2D eigenvalue weighted by molar-refractivity contribution is 0.774. The normalized spacial score (nSPS) is 11.2. The van der Waals surface area contributed by atoms with Crippen LogP contribution in [0.5, 0.6) is 0 Å². The Hall–Kier alpha value is -2.04. The van der Waals surface area contributed by atoms with Crippen LogP contribution in [0.4, 0.5) is 5.69 Å². The molecule has 1 N–H and O–H groups in total. The molecule has 0 unspecified atom stereocenters. The Labute approximate surface area is 120 Å². The van der Waals surface area contributed by atoms with Gasteiger partial charge in [-0.25, -0.2) is 9.67 Å². The number of amidine groups is 1.